The van der Waals surface area contributed by atoms with E-state index in [4.69, 9.17) is 4.74 Å². The van der Waals surface area contributed by atoms with Crippen LogP contribution in [0.4, 0.5) is 5.69 Å². The Hall–Kier alpha value is -2.07. The van der Waals surface area contributed by atoms with E-state index in [0.717, 1.165) is 31.6 Å². The Morgan fingerprint density at radius 3 is 2.95 bits per heavy atom. The Morgan fingerprint density at radius 2 is 2.05 bits per heavy atom. The van der Waals surface area contributed by atoms with Crippen molar-refractivity contribution in [1.82, 2.24) is 10.3 Å². The molecule has 4 nitrogen and oxygen atoms in total. The number of methoxy groups -OCH3 is 1. The number of para-hydroxylation sites is 1. The predicted octanol–water partition coefficient (Wildman–Crippen LogP) is 2.35. The smallest absolute Gasteiger partial charge is 0.217 e. The molecule has 0 radical (unpaired) electrons. The number of anilines is 1. The van der Waals surface area contributed by atoms with E-state index in [1.807, 2.05) is 12.1 Å². The van der Waals surface area contributed by atoms with Gasteiger partial charge in [0.25, 0.3) is 0 Å². The van der Waals surface area contributed by atoms with Crippen LogP contribution < -0.4 is 15.4 Å². The molecule has 0 atom stereocenters. The van der Waals surface area contributed by atoms with Crippen molar-refractivity contribution in [3.63, 3.8) is 0 Å². The molecule has 2 N–H and O–H groups in total. The molecule has 0 spiro atoms. The number of nitrogens with zero attached hydrogens (tertiary/aromatic N) is 1. The van der Waals surface area contributed by atoms with Gasteiger partial charge in [-0.2, -0.15) is 0 Å². The molecule has 104 valence electrons. The van der Waals surface area contributed by atoms with Gasteiger partial charge in [0.1, 0.15) is 0 Å². The third-order valence-electron chi connectivity index (χ3n) is 3.61. The van der Waals surface area contributed by atoms with E-state index in [9.17, 15) is 0 Å². The maximum absolute atomic E-state index is 5.26. The number of nitrogens with one attached hydrogen (secondary N) is 2. The van der Waals surface area contributed by atoms with Crippen LogP contribution in [0.15, 0.2) is 36.5 Å². The monoisotopic (exact) mass is 269 g/mol. The van der Waals surface area contributed by atoms with Gasteiger partial charge in [0.05, 0.1) is 7.11 Å². The Balaban J connectivity index is 1.65. The molecule has 0 saturated carbocycles. The van der Waals surface area contributed by atoms with Gasteiger partial charge in [-0.15, -0.1) is 0 Å². The van der Waals surface area contributed by atoms with E-state index >= 15 is 0 Å². The van der Waals surface area contributed by atoms with Crippen molar-refractivity contribution >= 4 is 5.69 Å². The fourth-order valence-electron chi connectivity index (χ4n) is 2.63. The highest BCUT2D eigenvalue weighted by Gasteiger charge is 2.13. The summed E-state index contributed by atoms with van der Waals surface area (Å²) in [7, 11) is 1.65. The van der Waals surface area contributed by atoms with Gasteiger partial charge in [-0.25, -0.2) is 4.98 Å². The van der Waals surface area contributed by atoms with Crippen molar-refractivity contribution in [2.75, 3.05) is 19.0 Å². The molecule has 3 rings (SSSR count). The summed E-state index contributed by atoms with van der Waals surface area (Å²) in [4.78, 5) is 4.21. The largest absolute Gasteiger partial charge is 0.481 e. The molecule has 1 aromatic carbocycles. The van der Waals surface area contributed by atoms with Gasteiger partial charge in [0.15, 0.2) is 0 Å². The molecule has 1 aliphatic rings. The first-order valence-corrected chi connectivity index (χ1v) is 6.91. The molecule has 0 unspecified atom stereocenters. The third kappa shape index (κ3) is 2.60. The molecule has 0 aliphatic carbocycles. The zero-order chi connectivity index (χ0) is 13.8. The Labute approximate surface area is 119 Å². The lowest BCUT2D eigenvalue weighted by atomic mass is 10.1. The highest BCUT2D eigenvalue weighted by Crippen LogP contribution is 2.26. The second-order valence-corrected chi connectivity index (χ2v) is 4.90. The highest BCUT2D eigenvalue weighted by atomic mass is 16.5. The second-order valence-electron chi connectivity index (χ2n) is 4.90. The summed E-state index contributed by atoms with van der Waals surface area (Å²) in [5, 5.41) is 6.93. The first-order valence-electron chi connectivity index (χ1n) is 6.91. The van der Waals surface area contributed by atoms with Crippen LogP contribution in [0.25, 0.3) is 0 Å². The molecule has 0 fully saturated rings. The minimum absolute atomic E-state index is 0.691. The van der Waals surface area contributed by atoms with Gasteiger partial charge in [0.2, 0.25) is 5.88 Å². The number of fused-ring (bicyclic) bond motifs is 1. The van der Waals surface area contributed by atoms with Gasteiger partial charge in [-0.3, -0.25) is 0 Å². The van der Waals surface area contributed by atoms with Crippen LogP contribution in [0.2, 0.25) is 0 Å². The number of aromatic nitrogens is 1. The predicted molar refractivity (Wildman–Crippen MR) is 80.0 cm³/mol. The van der Waals surface area contributed by atoms with E-state index in [0.29, 0.717) is 5.88 Å². The van der Waals surface area contributed by atoms with Crippen molar-refractivity contribution in [2.24, 2.45) is 0 Å². The lowest BCUT2D eigenvalue weighted by Gasteiger charge is -2.11. The molecule has 4 heteroatoms. The maximum atomic E-state index is 5.26. The fraction of sp³-hybridized carbons (Fsp3) is 0.312. The Morgan fingerprint density at radius 1 is 1.20 bits per heavy atom. The zero-order valence-electron chi connectivity index (χ0n) is 11.6. The summed E-state index contributed by atoms with van der Waals surface area (Å²) in [6.07, 6.45) is 2.87. The zero-order valence-corrected chi connectivity index (χ0v) is 11.6. The molecule has 0 bridgehead atoms. The van der Waals surface area contributed by atoms with Crippen LogP contribution in [0, 0.1) is 0 Å². The van der Waals surface area contributed by atoms with Crippen LogP contribution in [-0.2, 0) is 19.5 Å². The SMILES string of the molecule is COc1ncccc1CNCc1cccc2c1NCC2. The normalized spacial score (nSPS) is 12.8. The summed E-state index contributed by atoms with van der Waals surface area (Å²) < 4.78 is 5.26. The van der Waals surface area contributed by atoms with Crippen LogP contribution in [0.5, 0.6) is 5.88 Å². The van der Waals surface area contributed by atoms with Crippen molar-refractivity contribution in [3.8, 4) is 5.88 Å². The van der Waals surface area contributed by atoms with Gasteiger partial charge < -0.3 is 15.4 Å². The fourth-order valence-corrected chi connectivity index (χ4v) is 2.63. The number of rotatable bonds is 5. The molecular weight excluding hydrogens is 250 g/mol. The Kier molecular flexibility index (Phi) is 3.83. The van der Waals surface area contributed by atoms with Crippen LogP contribution in [0.3, 0.4) is 0 Å². The standard InChI is InChI=1S/C16H19N3O/c1-20-16-14(6-3-8-19-16)11-17-10-13-5-2-4-12-7-9-18-15(12)13/h2-6,8,17-18H,7,9-11H2,1H3. The number of ether oxygens (including phenoxy) is 1. The molecule has 1 aromatic heterocycles. The number of hydrogen-bond acceptors (Lipinski definition) is 4. The highest BCUT2D eigenvalue weighted by molar-refractivity contribution is 5.61. The van der Waals surface area contributed by atoms with Gasteiger partial charge >= 0.3 is 0 Å². The summed E-state index contributed by atoms with van der Waals surface area (Å²) in [5.74, 6) is 0.691. The Bertz CT molecular complexity index is 598. The number of benzene rings is 1. The summed E-state index contributed by atoms with van der Waals surface area (Å²) in [6, 6.07) is 10.5. The van der Waals surface area contributed by atoms with Crippen molar-refractivity contribution in [1.29, 1.82) is 0 Å². The molecule has 20 heavy (non-hydrogen) atoms. The maximum Gasteiger partial charge on any atom is 0.217 e. The average molecular weight is 269 g/mol. The molecule has 2 heterocycles. The number of pyridine rings is 1. The van der Waals surface area contributed by atoms with Crippen molar-refractivity contribution in [3.05, 3.63) is 53.2 Å². The van der Waals surface area contributed by atoms with E-state index in [1.165, 1.54) is 16.8 Å². The van der Waals surface area contributed by atoms with Crippen LogP contribution >= 0.6 is 0 Å². The first-order chi connectivity index (χ1) is 9.88. The van der Waals surface area contributed by atoms with E-state index in [-0.39, 0.29) is 0 Å². The molecule has 0 saturated heterocycles. The second kappa shape index (κ2) is 5.92. The lowest BCUT2D eigenvalue weighted by Crippen LogP contribution is -2.14. The van der Waals surface area contributed by atoms with E-state index in [1.54, 1.807) is 13.3 Å². The van der Waals surface area contributed by atoms with Crippen molar-refractivity contribution < 1.29 is 4.74 Å². The average Bonchev–Trinajstić information content (AvgIpc) is 2.97. The molecule has 2 aromatic rings. The number of hydrogen-bond donors (Lipinski definition) is 2. The summed E-state index contributed by atoms with van der Waals surface area (Å²) in [5.41, 5.74) is 5.12. The van der Waals surface area contributed by atoms with Gasteiger partial charge in [-0.1, -0.05) is 24.3 Å². The van der Waals surface area contributed by atoms with E-state index in [2.05, 4.69) is 33.8 Å². The summed E-state index contributed by atoms with van der Waals surface area (Å²) in [6.45, 7) is 2.64. The van der Waals surface area contributed by atoms with Crippen molar-refractivity contribution in [2.45, 2.75) is 19.5 Å². The van der Waals surface area contributed by atoms with Gasteiger partial charge in [0, 0.05) is 37.1 Å². The quantitative estimate of drug-likeness (QED) is 0.874. The van der Waals surface area contributed by atoms with Crippen LogP contribution in [0.1, 0.15) is 16.7 Å². The first kappa shape index (κ1) is 12.9. The minimum Gasteiger partial charge on any atom is -0.481 e. The third-order valence-corrected chi connectivity index (χ3v) is 3.61. The van der Waals surface area contributed by atoms with Gasteiger partial charge in [-0.05, 0) is 23.6 Å². The molecule has 0 amide bonds. The minimum atomic E-state index is 0.691. The topological polar surface area (TPSA) is 46.2 Å². The van der Waals surface area contributed by atoms with E-state index < -0.39 is 0 Å². The molecular formula is C16H19N3O. The lowest BCUT2D eigenvalue weighted by molar-refractivity contribution is 0.390. The summed E-state index contributed by atoms with van der Waals surface area (Å²) >= 11 is 0. The van der Waals surface area contributed by atoms with Crippen LogP contribution in [-0.4, -0.2) is 18.6 Å². The molecule has 1 aliphatic heterocycles.